The number of halogens is 3. The molecule has 1 atom stereocenters. The molecule has 0 saturated heterocycles. The molecule has 1 aliphatic carbocycles. The van der Waals surface area contributed by atoms with E-state index >= 15 is 0 Å². The second-order valence-electron chi connectivity index (χ2n) is 10.4. The summed E-state index contributed by atoms with van der Waals surface area (Å²) in [7, 11) is -5.59. The Kier molecular flexibility index (Phi) is 7.82. The highest BCUT2D eigenvalue weighted by Gasteiger charge is 2.51. The number of pyridine rings is 2. The first-order valence-corrected chi connectivity index (χ1v) is 14.6. The van der Waals surface area contributed by atoms with Crippen molar-refractivity contribution in [3.63, 3.8) is 0 Å². The molecule has 7 nitrogen and oxygen atoms in total. The van der Waals surface area contributed by atoms with Crippen molar-refractivity contribution in [2.45, 2.75) is 63.2 Å². The van der Waals surface area contributed by atoms with Gasteiger partial charge in [-0.3, -0.25) is 9.97 Å². The predicted molar refractivity (Wildman–Crippen MR) is 145 cm³/mol. The molecule has 5 rings (SSSR count). The number of aromatic nitrogens is 2. The lowest BCUT2D eigenvalue weighted by Gasteiger charge is -2.35. The van der Waals surface area contributed by atoms with Gasteiger partial charge in [0.25, 0.3) is 0 Å². The maximum Gasteiger partial charge on any atom is 0.511 e. The van der Waals surface area contributed by atoms with Gasteiger partial charge in [-0.05, 0) is 49.1 Å². The zero-order valence-corrected chi connectivity index (χ0v) is 22.3. The van der Waals surface area contributed by atoms with E-state index in [0.717, 1.165) is 32.1 Å². The van der Waals surface area contributed by atoms with E-state index in [9.17, 15) is 21.6 Å². The van der Waals surface area contributed by atoms with E-state index in [-0.39, 0.29) is 13.1 Å². The van der Waals surface area contributed by atoms with E-state index in [1.807, 2.05) is 17.0 Å². The molecule has 39 heavy (non-hydrogen) atoms. The van der Waals surface area contributed by atoms with Crippen molar-refractivity contribution in [3.05, 3.63) is 72.2 Å². The van der Waals surface area contributed by atoms with Gasteiger partial charge in [0.1, 0.15) is 0 Å². The minimum absolute atomic E-state index is 0.277. The lowest BCUT2D eigenvalue weighted by Crippen LogP contribution is -2.47. The first-order valence-electron chi connectivity index (χ1n) is 13.2. The summed E-state index contributed by atoms with van der Waals surface area (Å²) in [6.45, 7) is -0.420. The van der Waals surface area contributed by atoms with Crippen LogP contribution in [-0.4, -0.2) is 40.8 Å². The topological polar surface area (TPSA) is 92.4 Å². The fourth-order valence-corrected chi connectivity index (χ4v) is 6.78. The third-order valence-electron chi connectivity index (χ3n) is 7.78. The number of hydrogen-bond acceptors (Lipinski definition) is 6. The Labute approximate surface area is 226 Å². The highest BCUT2D eigenvalue weighted by atomic mass is 32.2. The van der Waals surface area contributed by atoms with Crippen LogP contribution >= 0.6 is 0 Å². The molecule has 11 heteroatoms. The second kappa shape index (κ2) is 11.1. The van der Waals surface area contributed by atoms with E-state index < -0.39 is 28.1 Å². The number of fused-ring (bicyclic) bond motifs is 1. The van der Waals surface area contributed by atoms with Crippen LogP contribution in [0.4, 0.5) is 24.5 Å². The molecule has 2 aromatic heterocycles. The SMILES string of the molecule is Nc1ccnc(CN2c3cccc(-c4ccccn4)c3CN(S(=O)(=O)C(F)(F)F)C[C@@H]2CCC2CCCC2)c1. The average molecular weight is 560 g/mol. The molecule has 2 aliphatic rings. The largest absolute Gasteiger partial charge is 0.511 e. The monoisotopic (exact) mass is 559 g/mol. The van der Waals surface area contributed by atoms with Gasteiger partial charge in [0.05, 0.1) is 17.9 Å². The molecular weight excluding hydrogens is 527 g/mol. The first kappa shape index (κ1) is 27.4. The Hall–Kier alpha value is -3.18. The molecule has 1 fully saturated rings. The Morgan fingerprint density at radius 1 is 0.974 bits per heavy atom. The smallest absolute Gasteiger partial charge is 0.399 e. The van der Waals surface area contributed by atoms with Crippen molar-refractivity contribution in [3.8, 4) is 11.3 Å². The molecular formula is C28H32F3N5O2S. The Balaban J connectivity index is 1.64. The highest BCUT2D eigenvalue weighted by Crippen LogP contribution is 2.40. The summed E-state index contributed by atoms with van der Waals surface area (Å²) in [6.07, 6.45) is 9.07. The van der Waals surface area contributed by atoms with Crippen molar-refractivity contribution < 1.29 is 21.6 Å². The maximum absolute atomic E-state index is 13.9. The quantitative estimate of drug-likeness (QED) is 0.397. The van der Waals surface area contributed by atoms with Crippen LogP contribution in [0.25, 0.3) is 11.3 Å². The number of benzene rings is 1. The molecule has 1 aromatic carbocycles. The Bertz CT molecular complexity index is 1400. The fraction of sp³-hybridized carbons (Fsp3) is 0.429. The normalized spacial score (nSPS) is 19.2. The lowest BCUT2D eigenvalue weighted by molar-refractivity contribution is -0.0492. The van der Waals surface area contributed by atoms with Gasteiger partial charge in [0.2, 0.25) is 0 Å². The van der Waals surface area contributed by atoms with E-state index in [1.54, 1.807) is 48.8 Å². The van der Waals surface area contributed by atoms with Crippen molar-refractivity contribution >= 4 is 21.4 Å². The molecule has 0 radical (unpaired) electrons. The first-order chi connectivity index (χ1) is 18.6. The van der Waals surface area contributed by atoms with E-state index in [0.29, 0.717) is 50.5 Å². The molecule has 208 valence electrons. The number of alkyl halides is 3. The van der Waals surface area contributed by atoms with Gasteiger partial charge in [0, 0.05) is 54.0 Å². The third kappa shape index (κ3) is 5.89. The van der Waals surface area contributed by atoms with Gasteiger partial charge in [-0.2, -0.15) is 17.5 Å². The summed E-state index contributed by atoms with van der Waals surface area (Å²) < 4.78 is 68.1. The maximum atomic E-state index is 13.9. The van der Waals surface area contributed by atoms with Crippen LogP contribution in [0.3, 0.4) is 0 Å². The number of nitrogens with zero attached hydrogens (tertiary/aromatic N) is 4. The van der Waals surface area contributed by atoms with Crippen LogP contribution in [0.2, 0.25) is 0 Å². The third-order valence-corrected chi connectivity index (χ3v) is 9.32. The van der Waals surface area contributed by atoms with Gasteiger partial charge >= 0.3 is 15.5 Å². The average Bonchev–Trinajstić information content (AvgIpc) is 3.37. The molecule has 0 spiro atoms. The van der Waals surface area contributed by atoms with Crippen LogP contribution in [-0.2, 0) is 23.1 Å². The van der Waals surface area contributed by atoms with Gasteiger partial charge < -0.3 is 10.6 Å². The lowest BCUT2D eigenvalue weighted by atomic mass is 9.96. The molecule has 0 bridgehead atoms. The van der Waals surface area contributed by atoms with Crippen molar-refractivity contribution in [2.24, 2.45) is 5.92 Å². The molecule has 2 N–H and O–H groups in total. The highest BCUT2D eigenvalue weighted by molar-refractivity contribution is 7.89. The molecule has 3 heterocycles. The number of nitrogen functional groups attached to an aromatic ring is 1. The van der Waals surface area contributed by atoms with Gasteiger partial charge in [-0.25, -0.2) is 8.42 Å². The number of anilines is 2. The number of sulfonamides is 1. The van der Waals surface area contributed by atoms with E-state index in [4.69, 9.17) is 5.73 Å². The summed E-state index contributed by atoms with van der Waals surface area (Å²) in [5.74, 6) is 0.493. The molecule has 1 aliphatic heterocycles. The summed E-state index contributed by atoms with van der Waals surface area (Å²) in [5.41, 5.74) is 4.10. The van der Waals surface area contributed by atoms with E-state index in [2.05, 4.69) is 9.97 Å². The zero-order chi connectivity index (χ0) is 27.6. The minimum atomic E-state index is -5.59. The van der Waals surface area contributed by atoms with Crippen LogP contribution in [0, 0.1) is 5.92 Å². The predicted octanol–water partition coefficient (Wildman–Crippen LogP) is 5.74. The Morgan fingerprint density at radius 2 is 1.77 bits per heavy atom. The van der Waals surface area contributed by atoms with E-state index in [1.165, 1.54) is 0 Å². The van der Waals surface area contributed by atoms with Crippen molar-refractivity contribution in [2.75, 3.05) is 17.2 Å². The zero-order valence-electron chi connectivity index (χ0n) is 21.5. The summed E-state index contributed by atoms with van der Waals surface area (Å²) in [4.78, 5) is 10.9. The fourth-order valence-electron chi connectivity index (χ4n) is 5.82. The standard InChI is InChI=1S/C28H32F3N5O2S/c29-28(30,31)39(37,38)35-18-23(12-11-20-6-1-2-7-20)36(17-22-16-21(32)13-15-33-22)27-10-5-8-24(25(27)19-35)26-9-3-4-14-34-26/h3-5,8-10,13-16,20,23H,1-2,6-7,11-12,17-19H2,(H2,32,33)/t23-/m0/s1. The number of rotatable bonds is 7. The molecule has 1 saturated carbocycles. The minimum Gasteiger partial charge on any atom is -0.399 e. The molecule has 3 aromatic rings. The van der Waals surface area contributed by atoms with Gasteiger partial charge in [-0.15, -0.1) is 0 Å². The van der Waals surface area contributed by atoms with Crippen molar-refractivity contribution in [1.82, 2.24) is 14.3 Å². The molecule has 0 amide bonds. The van der Waals surface area contributed by atoms with Crippen LogP contribution < -0.4 is 10.6 Å². The Morgan fingerprint density at radius 3 is 2.46 bits per heavy atom. The van der Waals surface area contributed by atoms with Gasteiger partial charge in [0.15, 0.2) is 0 Å². The summed E-state index contributed by atoms with van der Waals surface area (Å²) in [5, 5.41) is 0. The second-order valence-corrected chi connectivity index (χ2v) is 12.3. The number of hydrogen-bond donors (Lipinski definition) is 1. The van der Waals surface area contributed by atoms with Crippen molar-refractivity contribution in [1.29, 1.82) is 0 Å². The van der Waals surface area contributed by atoms with Crippen LogP contribution in [0.5, 0.6) is 0 Å². The van der Waals surface area contributed by atoms with Crippen LogP contribution in [0.15, 0.2) is 60.9 Å². The van der Waals surface area contributed by atoms with Crippen LogP contribution in [0.1, 0.15) is 49.8 Å². The van der Waals surface area contributed by atoms with Gasteiger partial charge in [-0.1, -0.05) is 43.9 Å². The summed E-state index contributed by atoms with van der Waals surface area (Å²) in [6, 6.07) is 13.7. The number of nitrogens with two attached hydrogens (primary N) is 1. The molecule has 0 unspecified atom stereocenters. The summed E-state index contributed by atoms with van der Waals surface area (Å²) >= 11 is 0.